The lowest BCUT2D eigenvalue weighted by atomic mass is 10.1. The van der Waals surface area contributed by atoms with Gasteiger partial charge in [-0.05, 0) is 51.1 Å². The molecular weight excluding hydrogens is 367 g/mol. The maximum Gasteiger partial charge on any atom is 0.344 e. The average molecular weight is 386 g/mol. The van der Waals surface area contributed by atoms with Gasteiger partial charge in [-0.15, -0.1) is 0 Å². The number of esters is 1. The molecule has 7 nitrogen and oxygen atoms in total. The van der Waals surface area contributed by atoms with Crippen LogP contribution < -0.4 is 4.74 Å². The fourth-order valence-electron chi connectivity index (χ4n) is 2.79. The van der Waals surface area contributed by atoms with Gasteiger partial charge in [-0.3, -0.25) is 9.36 Å². The minimum absolute atomic E-state index is 0.330. The SMILES string of the molecule is Cc1cc(-n2c(C)cc(C(=O)COC(=O)COc3ccc(F)cc3)c2C)no1. The summed E-state index contributed by atoms with van der Waals surface area (Å²) in [6, 6.07) is 8.71. The fourth-order valence-corrected chi connectivity index (χ4v) is 2.79. The predicted octanol–water partition coefficient (Wildman–Crippen LogP) is 3.33. The normalized spacial score (nSPS) is 10.7. The Labute approximate surface area is 160 Å². The van der Waals surface area contributed by atoms with Crippen molar-refractivity contribution in [2.75, 3.05) is 13.2 Å². The molecule has 0 fully saturated rings. The van der Waals surface area contributed by atoms with E-state index in [0.29, 0.717) is 28.6 Å². The van der Waals surface area contributed by atoms with E-state index in [9.17, 15) is 14.0 Å². The predicted molar refractivity (Wildman–Crippen MR) is 97.2 cm³/mol. The molecule has 0 amide bonds. The van der Waals surface area contributed by atoms with Crippen molar-refractivity contribution in [3.05, 3.63) is 64.9 Å². The summed E-state index contributed by atoms with van der Waals surface area (Å²) in [5.74, 6) is 0.130. The molecule has 0 atom stereocenters. The first-order chi connectivity index (χ1) is 13.3. The largest absolute Gasteiger partial charge is 0.482 e. The van der Waals surface area contributed by atoms with E-state index in [-0.39, 0.29) is 12.4 Å². The Morgan fingerprint density at radius 2 is 1.82 bits per heavy atom. The number of ether oxygens (including phenoxy) is 2. The molecule has 0 N–H and O–H groups in total. The fraction of sp³-hybridized carbons (Fsp3) is 0.250. The highest BCUT2D eigenvalue weighted by Gasteiger charge is 2.19. The van der Waals surface area contributed by atoms with Crippen molar-refractivity contribution in [2.45, 2.75) is 20.8 Å². The molecule has 0 aliphatic heterocycles. The van der Waals surface area contributed by atoms with E-state index in [1.165, 1.54) is 24.3 Å². The van der Waals surface area contributed by atoms with Crippen molar-refractivity contribution in [2.24, 2.45) is 0 Å². The first-order valence-corrected chi connectivity index (χ1v) is 8.55. The van der Waals surface area contributed by atoms with E-state index in [0.717, 1.165) is 5.69 Å². The van der Waals surface area contributed by atoms with Crippen LogP contribution in [0.25, 0.3) is 5.82 Å². The summed E-state index contributed by atoms with van der Waals surface area (Å²) in [7, 11) is 0. The molecule has 0 saturated heterocycles. The van der Waals surface area contributed by atoms with Crippen LogP contribution >= 0.6 is 0 Å². The number of rotatable bonds is 7. The maximum absolute atomic E-state index is 12.8. The molecule has 8 heteroatoms. The molecule has 0 spiro atoms. The summed E-state index contributed by atoms with van der Waals surface area (Å²) in [6.45, 7) is 4.62. The number of halogens is 1. The van der Waals surface area contributed by atoms with Gasteiger partial charge in [0.05, 0.1) is 0 Å². The van der Waals surface area contributed by atoms with Crippen LogP contribution in [0.3, 0.4) is 0 Å². The highest BCUT2D eigenvalue weighted by Crippen LogP contribution is 2.21. The van der Waals surface area contributed by atoms with Crippen molar-refractivity contribution in [3.8, 4) is 11.6 Å². The third-order valence-electron chi connectivity index (χ3n) is 4.11. The van der Waals surface area contributed by atoms with Gasteiger partial charge in [-0.2, -0.15) is 0 Å². The zero-order valence-electron chi connectivity index (χ0n) is 15.7. The van der Waals surface area contributed by atoms with Crippen LogP contribution in [-0.2, 0) is 9.53 Å². The van der Waals surface area contributed by atoms with Crippen LogP contribution in [0.2, 0.25) is 0 Å². The van der Waals surface area contributed by atoms with Crippen LogP contribution in [0.4, 0.5) is 4.39 Å². The summed E-state index contributed by atoms with van der Waals surface area (Å²) >= 11 is 0. The van der Waals surface area contributed by atoms with Crippen molar-refractivity contribution >= 4 is 11.8 Å². The highest BCUT2D eigenvalue weighted by molar-refractivity contribution is 5.99. The van der Waals surface area contributed by atoms with Crippen LogP contribution in [-0.4, -0.2) is 34.7 Å². The van der Waals surface area contributed by atoms with E-state index in [1.54, 1.807) is 30.5 Å². The van der Waals surface area contributed by atoms with Gasteiger partial charge < -0.3 is 14.0 Å². The molecule has 2 aromatic heterocycles. The van der Waals surface area contributed by atoms with Gasteiger partial charge in [0.2, 0.25) is 5.78 Å². The Morgan fingerprint density at radius 3 is 2.46 bits per heavy atom. The van der Waals surface area contributed by atoms with E-state index >= 15 is 0 Å². The molecule has 146 valence electrons. The zero-order valence-corrected chi connectivity index (χ0v) is 15.7. The van der Waals surface area contributed by atoms with Gasteiger partial charge in [-0.25, -0.2) is 9.18 Å². The van der Waals surface area contributed by atoms with Gasteiger partial charge in [0, 0.05) is 23.0 Å². The summed E-state index contributed by atoms with van der Waals surface area (Å²) in [5.41, 5.74) is 1.92. The first-order valence-electron chi connectivity index (χ1n) is 8.55. The quantitative estimate of drug-likeness (QED) is 0.457. The summed E-state index contributed by atoms with van der Waals surface area (Å²) in [6.07, 6.45) is 0. The molecule has 3 rings (SSSR count). The van der Waals surface area contributed by atoms with E-state index in [1.807, 2.05) is 6.92 Å². The van der Waals surface area contributed by atoms with Crippen molar-refractivity contribution in [1.29, 1.82) is 0 Å². The number of aryl methyl sites for hydroxylation is 2. The zero-order chi connectivity index (χ0) is 20.3. The number of Topliss-reactive ketones (excluding diaryl/α,β-unsaturated/α-hetero) is 1. The van der Waals surface area contributed by atoms with Gasteiger partial charge in [0.1, 0.15) is 17.3 Å². The lowest BCUT2D eigenvalue weighted by Crippen LogP contribution is -2.19. The molecular formula is C20H19FN2O5. The molecule has 0 aliphatic rings. The number of nitrogens with zero attached hydrogens (tertiary/aromatic N) is 2. The van der Waals surface area contributed by atoms with E-state index in [2.05, 4.69) is 5.16 Å². The average Bonchev–Trinajstić information content (AvgIpc) is 3.21. The van der Waals surface area contributed by atoms with Crippen molar-refractivity contribution < 1.29 is 28.0 Å². The monoisotopic (exact) mass is 386 g/mol. The van der Waals surface area contributed by atoms with Crippen LogP contribution in [0, 0.1) is 26.6 Å². The number of hydrogen-bond donors (Lipinski definition) is 0. The number of benzene rings is 1. The number of carbonyl (C=O) groups is 2. The lowest BCUT2D eigenvalue weighted by Gasteiger charge is -2.07. The lowest BCUT2D eigenvalue weighted by molar-refractivity contribution is -0.144. The molecule has 3 aromatic rings. The number of carbonyl (C=O) groups excluding carboxylic acids is 2. The minimum Gasteiger partial charge on any atom is -0.482 e. The maximum atomic E-state index is 12.8. The molecule has 0 unspecified atom stereocenters. The third kappa shape index (κ3) is 4.28. The molecule has 28 heavy (non-hydrogen) atoms. The molecule has 0 saturated carbocycles. The van der Waals surface area contributed by atoms with Crippen LogP contribution in [0.5, 0.6) is 5.75 Å². The van der Waals surface area contributed by atoms with Gasteiger partial charge in [0.25, 0.3) is 0 Å². The number of aromatic nitrogens is 2. The Hall–Kier alpha value is -3.42. The standard InChI is InChI=1S/C20H19FN2O5/c1-12-8-17(14(3)23(12)19-9-13(2)28-22-19)18(24)10-27-20(25)11-26-16-6-4-15(21)5-7-16/h4-9H,10-11H2,1-3H3. The molecule has 1 aromatic carbocycles. The third-order valence-corrected chi connectivity index (χ3v) is 4.11. The van der Waals surface area contributed by atoms with Gasteiger partial charge in [0.15, 0.2) is 19.0 Å². The molecule has 0 bridgehead atoms. The van der Waals surface area contributed by atoms with Gasteiger partial charge in [-0.1, -0.05) is 5.16 Å². The second-order valence-corrected chi connectivity index (χ2v) is 6.24. The molecule has 0 radical (unpaired) electrons. The summed E-state index contributed by atoms with van der Waals surface area (Å²) in [5, 5.41) is 3.96. The minimum atomic E-state index is -0.696. The Morgan fingerprint density at radius 1 is 1.11 bits per heavy atom. The second kappa shape index (κ2) is 8.08. The molecule has 0 aliphatic carbocycles. The Kier molecular flexibility index (Phi) is 5.58. The Balaban J connectivity index is 1.59. The molecule has 2 heterocycles. The highest BCUT2D eigenvalue weighted by atomic mass is 19.1. The second-order valence-electron chi connectivity index (χ2n) is 6.24. The van der Waals surface area contributed by atoms with Crippen LogP contribution in [0.15, 0.2) is 40.9 Å². The van der Waals surface area contributed by atoms with Gasteiger partial charge >= 0.3 is 5.97 Å². The van der Waals surface area contributed by atoms with E-state index in [4.69, 9.17) is 14.0 Å². The first kappa shape index (κ1) is 19.3. The van der Waals surface area contributed by atoms with E-state index < -0.39 is 18.4 Å². The van der Waals surface area contributed by atoms with Crippen molar-refractivity contribution in [1.82, 2.24) is 9.72 Å². The smallest absolute Gasteiger partial charge is 0.344 e. The topological polar surface area (TPSA) is 83.6 Å². The summed E-state index contributed by atoms with van der Waals surface area (Å²) < 4.78 is 29.9. The number of ketones is 1. The number of hydrogen-bond acceptors (Lipinski definition) is 6. The van der Waals surface area contributed by atoms with Crippen molar-refractivity contribution in [3.63, 3.8) is 0 Å². The van der Waals surface area contributed by atoms with Crippen LogP contribution in [0.1, 0.15) is 27.5 Å². The Bertz CT molecular complexity index is 1000. The summed E-state index contributed by atoms with van der Waals surface area (Å²) in [4.78, 5) is 24.3.